The van der Waals surface area contributed by atoms with Gasteiger partial charge in [-0.3, -0.25) is 0 Å². The number of alkyl halides is 2. The zero-order valence-electron chi connectivity index (χ0n) is 11.9. The SMILES string of the molecule is OC1CNCC1CNCc1cc2c(cc1OC(F)F)OCO2. The van der Waals surface area contributed by atoms with Gasteiger partial charge in [0.1, 0.15) is 5.75 Å². The van der Waals surface area contributed by atoms with Crippen LogP contribution in [0.5, 0.6) is 17.2 Å². The summed E-state index contributed by atoms with van der Waals surface area (Å²) in [6.45, 7) is -0.606. The zero-order chi connectivity index (χ0) is 15.5. The number of aliphatic hydroxyl groups is 1. The molecule has 2 atom stereocenters. The van der Waals surface area contributed by atoms with Crippen molar-refractivity contribution >= 4 is 0 Å². The Morgan fingerprint density at radius 3 is 2.77 bits per heavy atom. The van der Waals surface area contributed by atoms with Crippen LogP contribution in [0, 0.1) is 5.92 Å². The Hall–Kier alpha value is -1.64. The zero-order valence-corrected chi connectivity index (χ0v) is 11.9. The predicted octanol–water partition coefficient (Wildman–Crippen LogP) is 0.687. The van der Waals surface area contributed by atoms with Gasteiger partial charge >= 0.3 is 6.61 Å². The molecule has 22 heavy (non-hydrogen) atoms. The van der Waals surface area contributed by atoms with Gasteiger partial charge in [-0.2, -0.15) is 8.78 Å². The molecular weight excluding hydrogens is 298 g/mol. The van der Waals surface area contributed by atoms with E-state index >= 15 is 0 Å². The quantitative estimate of drug-likeness (QED) is 0.717. The average Bonchev–Trinajstić information content (AvgIpc) is 3.07. The van der Waals surface area contributed by atoms with Crippen LogP contribution in [0.25, 0.3) is 0 Å². The fourth-order valence-electron chi connectivity index (χ4n) is 2.63. The molecule has 0 aliphatic carbocycles. The highest BCUT2D eigenvalue weighted by molar-refractivity contribution is 5.51. The largest absolute Gasteiger partial charge is 0.454 e. The lowest BCUT2D eigenvalue weighted by Crippen LogP contribution is -2.30. The summed E-state index contributed by atoms with van der Waals surface area (Å²) in [6.07, 6.45) is -0.388. The minimum absolute atomic E-state index is 0.0665. The van der Waals surface area contributed by atoms with Gasteiger partial charge in [-0.05, 0) is 6.07 Å². The maximum absolute atomic E-state index is 12.5. The van der Waals surface area contributed by atoms with Crippen molar-refractivity contribution < 1.29 is 28.1 Å². The van der Waals surface area contributed by atoms with E-state index in [1.165, 1.54) is 6.07 Å². The van der Waals surface area contributed by atoms with E-state index in [-0.39, 0.29) is 24.6 Å². The van der Waals surface area contributed by atoms with Crippen molar-refractivity contribution in [2.24, 2.45) is 5.92 Å². The lowest BCUT2D eigenvalue weighted by Gasteiger charge is -2.16. The average molecular weight is 316 g/mol. The Balaban J connectivity index is 1.66. The first-order chi connectivity index (χ1) is 10.6. The van der Waals surface area contributed by atoms with E-state index in [4.69, 9.17) is 9.47 Å². The molecule has 2 aliphatic rings. The van der Waals surface area contributed by atoms with Crippen LogP contribution in [0.4, 0.5) is 8.78 Å². The molecule has 2 aliphatic heterocycles. The van der Waals surface area contributed by atoms with Crippen molar-refractivity contribution in [2.75, 3.05) is 26.4 Å². The van der Waals surface area contributed by atoms with Gasteiger partial charge < -0.3 is 30.0 Å². The van der Waals surface area contributed by atoms with E-state index in [1.54, 1.807) is 6.07 Å². The van der Waals surface area contributed by atoms with Crippen LogP contribution >= 0.6 is 0 Å². The van der Waals surface area contributed by atoms with Crippen molar-refractivity contribution in [3.05, 3.63) is 17.7 Å². The predicted molar refractivity (Wildman–Crippen MR) is 73.3 cm³/mol. The smallest absolute Gasteiger partial charge is 0.387 e. The van der Waals surface area contributed by atoms with E-state index in [0.717, 1.165) is 6.54 Å². The third-order valence-electron chi connectivity index (χ3n) is 3.80. The second-order valence-electron chi connectivity index (χ2n) is 5.31. The second-order valence-corrected chi connectivity index (χ2v) is 5.31. The summed E-state index contributed by atoms with van der Waals surface area (Å²) in [6, 6.07) is 3.05. The molecule has 0 saturated carbocycles. The standard InChI is InChI=1S/C14H18F2N2O4/c15-14(16)22-11-2-13-12(20-7-21-13)1-8(11)3-17-4-9-5-18-6-10(9)19/h1-2,9-10,14,17-19H,3-7H2. The maximum atomic E-state index is 12.5. The first-order valence-corrected chi connectivity index (χ1v) is 7.10. The van der Waals surface area contributed by atoms with Crippen molar-refractivity contribution in [3.63, 3.8) is 0 Å². The summed E-state index contributed by atoms with van der Waals surface area (Å²) in [4.78, 5) is 0. The van der Waals surface area contributed by atoms with E-state index < -0.39 is 6.61 Å². The summed E-state index contributed by atoms with van der Waals surface area (Å²) in [5, 5.41) is 16.0. The second kappa shape index (κ2) is 6.64. The third kappa shape index (κ3) is 3.40. The minimum Gasteiger partial charge on any atom is -0.454 e. The van der Waals surface area contributed by atoms with Crippen LogP contribution in [0.1, 0.15) is 5.56 Å². The molecule has 1 saturated heterocycles. The molecule has 0 bridgehead atoms. The van der Waals surface area contributed by atoms with Crippen LogP contribution in [-0.2, 0) is 6.54 Å². The molecule has 3 rings (SSSR count). The molecular formula is C14H18F2N2O4. The Morgan fingerprint density at radius 2 is 2.09 bits per heavy atom. The minimum atomic E-state index is -2.90. The number of nitrogens with one attached hydrogen (secondary N) is 2. The first kappa shape index (κ1) is 15.3. The highest BCUT2D eigenvalue weighted by Gasteiger charge is 2.25. The molecule has 0 aromatic heterocycles. The van der Waals surface area contributed by atoms with Gasteiger partial charge in [-0.25, -0.2) is 0 Å². The Bertz CT molecular complexity index is 530. The van der Waals surface area contributed by atoms with E-state index in [2.05, 4.69) is 15.4 Å². The lowest BCUT2D eigenvalue weighted by atomic mass is 10.1. The normalized spacial score (nSPS) is 23.3. The third-order valence-corrected chi connectivity index (χ3v) is 3.80. The number of hydrogen-bond donors (Lipinski definition) is 3. The molecule has 8 heteroatoms. The molecule has 2 heterocycles. The number of fused-ring (bicyclic) bond motifs is 1. The summed E-state index contributed by atoms with van der Waals surface area (Å²) < 4.78 is 40.0. The number of rotatable bonds is 6. The topological polar surface area (TPSA) is 72.0 Å². The highest BCUT2D eigenvalue weighted by Crippen LogP contribution is 2.38. The number of aliphatic hydroxyl groups excluding tert-OH is 1. The van der Waals surface area contributed by atoms with E-state index in [0.29, 0.717) is 36.7 Å². The van der Waals surface area contributed by atoms with Gasteiger partial charge in [0.2, 0.25) is 6.79 Å². The summed E-state index contributed by atoms with van der Waals surface area (Å²) in [7, 11) is 0. The van der Waals surface area contributed by atoms with Gasteiger partial charge in [-0.1, -0.05) is 0 Å². The molecule has 0 spiro atoms. The van der Waals surface area contributed by atoms with Gasteiger partial charge in [0.15, 0.2) is 11.5 Å². The number of ether oxygens (including phenoxy) is 3. The molecule has 3 N–H and O–H groups in total. The van der Waals surface area contributed by atoms with Gasteiger partial charge in [0, 0.05) is 43.7 Å². The van der Waals surface area contributed by atoms with Crippen LogP contribution < -0.4 is 24.8 Å². The lowest BCUT2D eigenvalue weighted by molar-refractivity contribution is -0.0505. The summed E-state index contributed by atoms with van der Waals surface area (Å²) in [5.41, 5.74) is 0.560. The molecule has 6 nitrogen and oxygen atoms in total. The summed E-state index contributed by atoms with van der Waals surface area (Å²) >= 11 is 0. The van der Waals surface area contributed by atoms with Crippen LogP contribution in [-0.4, -0.2) is 44.2 Å². The molecule has 1 aromatic carbocycles. The van der Waals surface area contributed by atoms with Gasteiger partial charge in [0.25, 0.3) is 0 Å². The van der Waals surface area contributed by atoms with Crippen LogP contribution in [0.2, 0.25) is 0 Å². The van der Waals surface area contributed by atoms with Gasteiger partial charge in [-0.15, -0.1) is 0 Å². The Labute approximate surface area is 126 Å². The maximum Gasteiger partial charge on any atom is 0.387 e. The van der Waals surface area contributed by atoms with Crippen molar-refractivity contribution in [3.8, 4) is 17.2 Å². The summed E-state index contributed by atoms with van der Waals surface area (Å²) in [5.74, 6) is 1.08. The Kier molecular flexibility index (Phi) is 4.60. The Morgan fingerprint density at radius 1 is 1.32 bits per heavy atom. The van der Waals surface area contributed by atoms with E-state index in [1.807, 2.05) is 0 Å². The van der Waals surface area contributed by atoms with Crippen LogP contribution in [0.15, 0.2) is 12.1 Å². The molecule has 0 radical (unpaired) electrons. The molecule has 122 valence electrons. The van der Waals surface area contributed by atoms with Crippen molar-refractivity contribution in [2.45, 2.75) is 19.3 Å². The molecule has 1 fully saturated rings. The number of hydrogen-bond acceptors (Lipinski definition) is 6. The fraction of sp³-hybridized carbons (Fsp3) is 0.571. The molecule has 2 unspecified atom stereocenters. The molecule has 0 amide bonds. The molecule has 1 aromatic rings. The highest BCUT2D eigenvalue weighted by atomic mass is 19.3. The number of β-amino-alcohol motifs (C(OH)–C–C–N with tert-alkyl or cyclic N) is 1. The van der Waals surface area contributed by atoms with Crippen molar-refractivity contribution in [1.29, 1.82) is 0 Å². The van der Waals surface area contributed by atoms with Crippen LogP contribution in [0.3, 0.4) is 0 Å². The first-order valence-electron chi connectivity index (χ1n) is 7.10. The van der Waals surface area contributed by atoms with Gasteiger partial charge in [0.05, 0.1) is 6.10 Å². The fourth-order valence-corrected chi connectivity index (χ4v) is 2.63. The number of benzene rings is 1. The van der Waals surface area contributed by atoms with E-state index in [9.17, 15) is 13.9 Å². The monoisotopic (exact) mass is 316 g/mol. The number of halogens is 2. The van der Waals surface area contributed by atoms with Crippen molar-refractivity contribution in [1.82, 2.24) is 10.6 Å².